The molecular formula is C21H35IN4O2. The van der Waals surface area contributed by atoms with E-state index >= 15 is 0 Å². The molecule has 158 valence electrons. The lowest BCUT2D eigenvalue weighted by Crippen LogP contribution is -2.46. The molecule has 1 aliphatic rings. The smallest absolute Gasteiger partial charge is 0.217 e. The highest BCUT2D eigenvalue weighted by molar-refractivity contribution is 14.0. The Hall–Kier alpha value is -1.51. The summed E-state index contributed by atoms with van der Waals surface area (Å²) in [7, 11) is 1.80. The molecule has 1 aliphatic heterocycles. The minimum absolute atomic E-state index is 0. The molecule has 0 bridgehead atoms. The third-order valence-corrected chi connectivity index (χ3v) is 4.88. The molecule has 1 amide bonds. The molecule has 6 nitrogen and oxygen atoms in total. The predicted molar refractivity (Wildman–Crippen MR) is 125 cm³/mol. The number of guanidine groups is 1. The van der Waals surface area contributed by atoms with Crippen molar-refractivity contribution in [2.75, 3.05) is 26.7 Å². The molecule has 0 aromatic heterocycles. The van der Waals surface area contributed by atoms with Crippen LogP contribution in [0.15, 0.2) is 29.3 Å². The number of hydrogen-bond donors (Lipinski definition) is 2. The lowest BCUT2D eigenvalue weighted by atomic mass is 9.95. The van der Waals surface area contributed by atoms with Gasteiger partial charge in [-0.15, -0.1) is 24.0 Å². The van der Waals surface area contributed by atoms with E-state index in [-0.39, 0.29) is 29.9 Å². The van der Waals surface area contributed by atoms with Crippen molar-refractivity contribution in [1.82, 2.24) is 10.2 Å². The van der Waals surface area contributed by atoms with Gasteiger partial charge in [-0.2, -0.15) is 0 Å². The standard InChI is InChI=1S/C21H34N4O2.HI/c1-16(2)10-12-27-19-9-5-4-8-18(19)14-24-21(23-3)25-11-6-7-17(15-25)13-20(22)26;/h4-5,8-9,16-17H,6-7,10-15H2,1-3H3,(H2,22,26)(H,23,24);1H. The second-order valence-corrected chi connectivity index (χ2v) is 7.66. The van der Waals surface area contributed by atoms with E-state index in [0.717, 1.165) is 56.2 Å². The van der Waals surface area contributed by atoms with E-state index < -0.39 is 0 Å². The van der Waals surface area contributed by atoms with Gasteiger partial charge < -0.3 is 20.7 Å². The molecule has 28 heavy (non-hydrogen) atoms. The van der Waals surface area contributed by atoms with Gasteiger partial charge in [-0.1, -0.05) is 32.0 Å². The summed E-state index contributed by atoms with van der Waals surface area (Å²) in [5.74, 6) is 2.49. The third kappa shape index (κ3) is 8.24. The summed E-state index contributed by atoms with van der Waals surface area (Å²) in [6.07, 6.45) is 3.58. The molecule has 1 aromatic rings. The van der Waals surface area contributed by atoms with E-state index in [2.05, 4.69) is 35.1 Å². The number of ether oxygens (including phenoxy) is 1. The SMILES string of the molecule is CN=C(NCc1ccccc1OCCC(C)C)N1CCCC(CC(N)=O)C1.I. The zero-order valence-electron chi connectivity index (χ0n) is 17.3. The van der Waals surface area contributed by atoms with Crippen molar-refractivity contribution in [2.24, 2.45) is 22.6 Å². The molecule has 7 heteroatoms. The fraction of sp³-hybridized carbons (Fsp3) is 0.619. The molecule has 1 aromatic carbocycles. The number of halogens is 1. The quantitative estimate of drug-likeness (QED) is 0.325. The van der Waals surface area contributed by atoms with Crippen molar-refractivity contribution in [3.05, 3.63) is 29.8 Å². The average Bonchev–Trinajstić information content (AvgIpc) is 2.63. The number of amides is 1. The molecule has 0 saturated carbocycles. The number of primary amides is 1. The number of nitrogens with one attached hydrogen (secondary N) is 1. The summed E-state index contributed by atoms with van der Waals surface area (Å²) in [5, 5.41) is 3.45. The maximum atomic E-state index is 11.2. The normalized spacial score (nSPS) is 17.2. The van der Waals surface area contributed by atoms with Crippen LogP contribution in [0, 0.1) is 11.8 Å². The van der Waals surface area contributed by atoms with Crippen LogP contribution in [-0.4, -0.2) is 43.5 Å². The number of para-hydroxylation sites is 1. The zero-order chi connectivity index (χ0) is 19.6. The highest BCUT2D eigenvalue weighted by Gasteiger charge is 2.23. The lowest BCUT2D eigenvalue weighted by Gasteiger charge is -2.34. The number of carbonyl (C=O) groups excluding carboxylic acids is 1. The number of nitrogens with two attached hydrogens (primary N) is 1. The van der Waals surface area contributed by atoms with Crippen molar-refractivity contribution in [2.45, 2.75) is 46.1 Å². The Morgan fingerprint density at radius 2 is 2.14 bits per heavy atom. The van der Waals surface area contributed by atoms with Crippen LogP contribution in [-0.2, 0) is 11.3 Å². The fourth-order valence-electron chi connectivity index (χ4n) is 3.41. The molecule has 2 rings (SSSR count). The predicted octanol–water partition coefficient (Wildman–Crippen LogP) is 3.39. The number of aliphatic imine (C=N–C) groups is 1. The number of benzene rings is 1. The van der Waals surface area contributed by atoms with Crippen molar-refractivity contribution >= 4 is 35.8 Å². The molecule has 1 atom stereocenters. The highest BCUT2D eigenvalue weighted by atomic mass is 127. The van der Waals surface area contributed by atoms with Gasteiger partial charge in [0.1, 0.15) is 5.75 Å². The van der Waals surface area contributed by atoms with E-state index in [1.54, 1.807) is 7.05 Å². The van der Waals surface area contributed by atoms with Crippen molar-refractivity contribution in [1.29, 1.82) is 0 Å². The summed E-state index contributed by atoms with van der Waals surface area (Å²) in [6.45, 7) is 7.54. The summed E-state index contributed by atoms with van der Waals surface area (Å²) in [4.78, 5) is 17.9. The minimum Gasteiger partial charge on any atom is -0.493 e. The van der Waals surface area contributed by atoms with Crippen molar-refractivity contribution in [3.8, 4) is 5.75 Å². The summed E-state index contributed by atoms with van der Waals surface area (Å²) < 4.78 is 5.98. The van der Waals surface area contributed by atoms with Gasteiger partial charge in [0.25, 0.3) is 0 Å². The largest absolute Gasteiger partial charge is 0.493 e. The van der Waals surface area contributed by atoms with Gasteiger partial charge in [0, 0.05) is 38.7 Å². The maximum Gasteiger partial charge on any atom is 0.217 e. The Morgan fingerprint density at radius 3 is 2.82 bits per heavy atom. The first-order valence-electron chi connectivity index (χ1n) is 9.94. The second-order valence-electron chi connectivity index (χ2n) is 7.66. The van der Waals surface area contributed by atoms with Crippen LogP contribution >= 0.6 is 24.0 Å². The molecule has 0 radical (unpaired) electrons. The molecule has 0 aliphatic carbocycles. The maximum absolute atomic E-state index is 11.2. The number of likely N-dealkylation sites (tertiary alicyclic amines) is 1. The van der Waals surface area contributed by atoms with E-state index in [0.29, 0.717) is 24.8 Å². The van der Waals surface area contributed by atoms with Crippen molar-refractivity contribution in [3.63, 3.8) is 0 Å². The molecule has 1 saturated heterocycles. The Morgan fingerprint density at radius 1 is 1.39 bits per heavy atom. The van der Waals surface area contributed by atoms with Gasteiger partial charge >= 0.3 is 0 Å². The van der Waals surface area contributed by atoms with E-state index in [1.165, 1.54) is 0 Å². The van der Waals surface area contributed by atoms with Crippen molar-refractivity contribution < 1.29 is 9.53 Å². The van der Waals surface area contributed by atoms with Gasteiger partial charge in [0.05, 0.1) is 6.61 Å². The monoisotopic (exact) mass is 502 g/mol. The summed E-state index contributed by atoms with van der Waals surface area (Å²) in [5.41, 5.74) is 6.49. The molecule has 1 unspecified atom stereocenters. The molecule has 1 fully saturated rings. The van der Waals surface area contributed by atoms with Crippen LogP contribution in [0.4, 0.5) is 0 Å². The van der Waals surface area contributed by atoms with E-state index in [1.807, 2.05) is 18.2 Å². The average molecular weight is 502 g/mol. The first kappa shape index (κ1) is 24.5. The van der Waals surface area contributed by atoms with Gasteiger partial charge in [0.2, 0.25) is 5.91 Å². The van der Waals surface area contributed by atoms with Crippen LogP contribution in [0.25, 0.3) is 0 Å². The minimum atomic E-state index is -0.225. The van der Waals surface area contributed by atoms with Crippen LogP contribution in [0.5, 0.6) is 5.75 Å². The van der Waals surface area contributed by atoms with E-state index in [9.17, 15) is 4.79 Å². The van der Waals surface area contributed by atoms with Crippen LogP contribution in [0.3, 0.4) is 0 Å². The lowest BCUT2D eigenvalue weighted by molar-refractivity contribution is -0.119. The zero-order valence-corrected chi connectivity index (χ0v) is 19.6. The Bertz CT molecular complexity index is 637. The number of piperidine rings is 1. The number of carbonyl (C=O) groups is 1. The summed E-state index contributed by atoms with van der Waals surface area (Å²) >= 11 is 0. The number of rotatable bonds is 8. The Kier molecular flexibility index (Phi) is 11.3. The first-order valence-corrected chi connectivity index (χ1v) is 9.94. The van der Waals surface area contributed by atoms with Gasteiger partial charge in [-0.3, -0.25) is 9.79 Å². The van der Waals surface area contributed by atoms with Crippen LogP contribution in [0.2, 0.25) is 0 Å². The van der Waals surface area contributed by atoms with Gasteiger partial charge in [0.15, 0.2) is 5.96 Å². The molecular weight excluding hydrogens is 467 g/mol. The number of hydrogen-bond acceptors (Lipinski definition) is 3. The van der Waals surface area contributed by atoms with Gasteiger partial charge in [-0.05, 0) is 37.2 Å². The molecule has 1 heterocycles. The van der Waals surface area contributed by atoms with Gasteiger partial charge in [-0.25, -0.2) is 0 Å². The Balaban J connectivity index is 0.00000392. The number of nitrogens with zero attached hydrogens (tertiary/aromatic N) is 2. The third-order valence-electron chi connectivity index (χ3n) is 4.88. The second kappa shape index (κ2) is 12.9. The van der Waals surface area contributed by atoms with Crippen LogP contribution < -0.4 is 15.8 Å². The fourth-order valence-corrected chi connectivity index (χ4v) is 3.41. The van der Waals surface area contributed by atoms with E-state index in [4.69, 9.17) is 10.5 Å². The molecule has 0 spiro atoms. The Labute approximate surface area is 186 Å². The summed E-state index contributed by atoms with van der Waals surface area (Å²) in [6, 6.07) is 8.13. The molecule has 3 N–H and O–H groups in total. The van der Waals surface area contributed by atoms with Crippen LogP contribution in [0.1, 0.15) is 45.1 Å². The topological polar surface area (TPSA) is 80.0 Å². The highest BCUT2D eigenvalue weighted by Crippen LogP contribution is 2.21. The first-order chi connectivity index (χ1) is 13.0.